The van der Waals surface area contributed by atoms with Gasteiger partial charge in [-0.2, -0.15) is 0 Å². The smallest absolute Gasteiger partial charge is 0.343 e. The quantitative estimate of drug-likeness (QED) is 0.0526. The van der Waals surface area contributed by atoms with Gasteiger partial charge in [-0.3, -0.25) is 39.4 Å². The van der Waals surface area contributed by atoms with E-state index in [1.54, 1.807) is 58.1 Å². The highest BCUT2D eigenvalue weighted by atomic mass is 16.6. The molecule has 1 amide bonds. The van der Waals surface area contributed by atoms with Crippen LogP contribution in [0.25, 0.3) is 43.1 Å². The van der Waals surface area contributed by atoms with Crippen molar-refractivity contribution in [2.75, 3.05) is 50.7 Å². The highest BCUT2D eigenvalue weighted by molar-refractivity contribution is 6.02. The highest BCUT2D eigenvalue weighted by Gasteiger charge is 2.21. The van der Waals surface area contributed by atoms with Crippen LogP contribution in [0, 0.1) is 26.1 Å². The van der Waals surface area contributed by atoms with Gasteiger partial charge in [0.25, 0.3) is 28.1 Å². The minimum Gasteiger partial charge on any atom is -0.486 e. The molecule has 11 aromatic rings. The highest BCUT2D eigenvalue weighted by Crippen LogP contribution is 2.35. The minimum atomic E-state index is -0.564. The van der Waals surface area contributed by atoms with Crippen molar-refractivity contribution in [1.82, 2.24) is 13.7 Å². The summed E-state index contributed by atoms with van der Waals surface area (Å²) in [4.78, 5) is 83.1. The van der Waals surface area contributed by atoms with Gasteiger partial charge in [0.15, 0.2) is 34.5 Å². The Morgan fingerprint density at radius 2 is 0.853 bits per heavy atom. The number of nitro groups is 2. The lowest BCUT2D eigenvalue weighted by atomic mass is 9.96. The predicted molar refractivity (Wildman–Crippen MR) is 359 cm³/mol. The molecule has 7 heterocycles. The number of nitrogen functional groups attached to an aromatic ring is 1. The summed E-state index contributed by atoms with van der Waals surface area (Å²) in [6, 6.07) is 43.6. The number of hydrogen-bond donors (Lipinski definition) is 2. The first-order valence-corrected chi connectivity index (χ1v) is 31.1. The normalized spacial score (nSPS) is 13.8. The lowest BCUT2D eigenvalue weighted by Crippen LogP contribution is -2.21. The van der Waals surface area contributed by atoms with Gasteiger partial charge in [-0.1, -0.05) is 68.1 Å². The van der Waals surface area contributed by atoms with Gasteiger partial charge >= 0.3 is 5.63 Å². The van der Waals surface area contributed by atoms with Crippen LogP contribution >= 0.6 is 0 Å². The Kier molecular flexibility index (Phi) is 19.2. The third-order valence-electron chi connectivity index (χ3n) is 16.8. The molecular weight excluding hydrogens is 1220 g/mol. The molecule has 0 radical (unpaired) electrons. The fourth-order valence-corrected chi connectivity index (χ4v) is 12.1. The number of aromatic nitrogens is 3. The number of pyridine rings is 3. The zero-order valence-electron chi connectivity index (χ0n) is 51.5. The Labute approximate surface area is 541 Å². The van der Waals surface area contributed by atoms with Crippen LogP contribution in [0.5, 0.6) is 34.5 Å². The summed E-state index contributed by atoms with van der Waals surface area (Å²) in [6.45, 7) is 4.46. The van der Waals surface area contributed by atoms with Gasteiger partial charge in [0.05, 0.1) is 57.3 Å². The number of nitrogens with two attached hydrogens (primary N) is 1. The average Bonchev–Trinajstić information content (AvgIpc) is 0.830. The number of carbonyl (C=O) groups is 1. The maximum Gasteiger partial charge on any atom is 0.343 e. The Morgan fingerprint density at radius 1 is 0.453 bits per heavy atom. The summed E-state index contributed by atoms with van der Waals surface area (Å²) in [5.41, 5.74) is 8.96. The molecule has 1 aliphatic carbocycles. The largest absolute Gasteiger partial charge is 0.486 e. The molecule has 1 fully saturated rings. The van der Waals surface area contributed by atoms with E-state index >= 15 is 0 Å². The van der Waals surface area contributed by atoms with Crippen LogP contribution in [-0.4, -0.2) is 69.1 Å². The third kappa shape index (κ3) is 14.6. The van der Waals surface area contributed by atoms with E-state index in [0.717, 1.165) is 63.8 Å². The van der Waals surface area contributed by atoms with Crippen LogP contribution in [0.3, 0.4) is 0 Å². The van der Waals surface area contributed by atoms with Gasteiger partial charge in [0.1, 0.15) is 39.6 Å². The third-order valence-corrected chi connectivity index (χ3v) is 16.8. The fraction of sp³-hybridized carbons (Fsp3) is 0.236. The number of nitrogens with zero attached hydrogens (tertiary/aromatic N) is 5. The summed E-state index contributed by atoms with van der Waals surface area (Å²) >= 11 is 0. The number of amides is 1. The molecule has 15 rings (SSSR count). The summed E-state index contributed by atoms with van der Waals surface area (Å²) in [7, 11) is 0. The fourth-order valence-electron chi connectivity index (χ4n) is 12.1. The molecule has 4 aromatic heterocycles. The molecule has 95 heavy (non-hydrogen) atoms. The van der Waals surface area contributed by atoms with Gasteiger partial charge in [-0.25, -0.2) is 4.79 Å². The summed E-state index contributed by atoms with van der Waals surface area (Å²) in [5, 5.41) is 28.8. The molecule has 0 bridgehead atoms. The number of hydrogen-bond acceptors (Lipinski definition) is 17. The molecule has 0 unspecified atom stereocenters. The van der Waals surface area contributed by atoms with Gasteiger partial charge in [0, 0.05) is 70.1 Å². The topological polar surface area (TPSA) is 293 Å². The van der Waals surface area contributed by atoms with E-state index in [9.17, 15) is 44.2 Å². The van der Waals surface area contributed by atoms with Crippen molar-refractivity contribution in [2.24, 2.45) is 5.92 Å². The maximum absolute atomic E-state index is 13.2. The van der Waals surface area contributed by atoms with E-state index in [0.29, 0.717) is 127 Å². The van der Waals surface area contributed by atoms with Gasteiger partial charge < -0.3 is 57.6 Å². The van der Waals surface area contributed by atoms with Gasteiger partial charge in [-0.15, -0.1) is 0 Å². The predicted octanol–water partition coefficient (Wildman–Crippen LogP) is 12.0. The number of anilines is 2. The first-order chi connectivity index (χ1) is 46.2. The van der Waals surface area contributed by atoms with E-state index in [4.69, 9.17) is 34.2 Å². The Hall–Kier alpha value is -11.8. The number of non-ortho nitro benzene ring substituents is 2. The van der Waals surface area contributed by atoms with Crippen molar-refractivity contribution in [3.05, 3.63) is 255 Å². The van der Waals surface area contributed by atoms with Crippen LogP contribution in [0.15, 0.2) is 200 Å². The molecule has 7 aromatic carbocycles. The molecule has 23 nitrogen and oxygen atoms in total. The molecule has 484 valence electrons. The molecule has 3 N–H and O–H groups in total. The monoisotopic (exact) mass is 1280 g/mol. The van der Waals surface area contributed by atoms with Crippen molar-refractivity contribution >= 4 is 71.7 Å². The molecule has 1 saturated carbocycles. The first kappa shape index (κ1) is 63.4. The van der Waals surface area contributed by atoms with Crippen LogP contribution < -0.4 is 61.8 Å². The second-order valence-corrected chi connectivity index (χ2v) is 23.1. The van der Waals surface area contributed by atoms with Crippen molar-refractivity contribution in [2.45, 2.75) is 64.6 Å². The zero-order valence-corrected chi connectivity index (χ0v) is 51.5. The van der Waals surface area contributed by atoms with E-state index in [-0.39, 0.29) is 39.3 Å². The van der Waals surface area contributed by atoms with Crippen molar-refractivity contribution < 1.29 is 47.5 Å². The zero-order chi connectivity index (χ0) is 66.0. The number of ether oxygens (including phenoxy) is 6. The van der Waals surface area contributed by atoms with Gasteiger partial charge in [0.2, 0.25) is 5.91 Å². The molecule has 0 spiro atoms. The maximum atomic E-state index is 13.2. The molecule has 0 atom stereocenters. The minimum absolute atomic E-state index is 0.0369. The van der Waals surface area contributed by atoms with E-state index in [1.807, 2.05) is 84.9 Å². The van der Waals surface area contributed by atoms with Crippen LogP contribution in [0.4, 0.5) is 22.7 Å². The number of benzene rings is 7. The Bertz CT molecular complexity index is 4970. The average molecular weight is 1280 g/mol. The molecule has 3 aliphatic heterocycles. The number of fused-ring (bicyclic) bond motifs is 7. The molecular formula is C72H65N7O16. The van der Waals surface area contributed by atoms with Crippen LogP contribution in [0.1, 0.15) is 61.6 Å². The van der Waals surface area contributed by atoms with Gasteiger partial charge in [-0.05, 0) is 133 Å². The Morgan fingerprint density at radius 3 is 1.34 bits per heavy atom. The number of carbonyl (C=O) groups excluding carboxylic acids is 1. The lowest BCUT2D eigenvalue weighted by Gasteiger charge is -2.19. The van der Waals surface area contributed by atoms with E-state index in [2.05, 4.69) is 9.73 Å². The van der Waals surface area contributed by atoms with Crippen LogP contribution in [0.2, 0.25) is 0 Å². The summed E-state index contributed by atoms with van der Waals surface area (Å²) < 4.78 is 42.9. The van der Waals surface area contributed by atoms with Crippen molar-refractivity contribution in [3.63, 3.8) is 0 Å². The molecule has 4 aliphatic rings. The van der Waals surface area contributed by atoms with Crippen LogP contribution in [-0.2, 0) is 24.4 Å². The standard InChI is InChI=1S/C27H30N2O4.C18H14N2O5.C18H16N2O3.C9H5NO4/c30-26(17-19-6-3-1-2-4-7-19)28-23-9-5-8-22-21(23)12-13-29(27(22)31)18-20-10-11-24-25(16-20)33-15-14-32-24;21-18-14-2-1-3-15(20(22)23)13(14)6-7-19(18)11-12-4-5-16-17(10-12)25-9-8-24-16;19-15-3-1-2-14-13(15)6-7-20(18(14)21)11-12-4-5-16-17(10-12)23-9-8-22-16;11-9-7-2-1-3-8(10(12)13)6(7)4-5-14-9/h5,8-13,16,19H,1-4,6-7,14-15,17-18H2,(H,28,30);1-7,10H,8-9,11H2;1-7,10H,8-9,11,19H2;1-5H. The van der Waals surface area contributed by atoms with Crippen molar-refractivity contribution in [1.29, 1.82) is 0 Å². The second-order valence-electron chi connectivity index (χ2n) is 23.1. The number of nitrogens with one attached hydrogen (secondary N) is 1. The number of rotatable bonds is 11. The molecule has 23 heteroatoms. The first-order valence-electron chi connectivity index (χ1n) is 31.1. The Balaban J connectivity index is 0.000000126. The molecule has 0 saturated heterocycles. The van der Waals surface area contributed by atoms with Crippen molar-refractivity contribution in [3.8, 4) is 34.5 Å². The van der Waals surface area contributed by atoms with E-state index in [1.165, 1.54) is 66.6 Å². The SMILES string of the molecule is Nc1cccc2c(=O)n(Cc3ccc4c(c3)OCCO4)ccc12.O=C(CC1CCCCCC1)Nc1cccc2c(=O)n(Cc3ccc4c(c3)OCCO4)ccc12.O=c1c2cccc([N+](=O)[O-])c2ccn1Cc1ccc2c(c1)OCCO2.O=c1occc2c([N+](=O)[O-])cccc12. The summed E-state index contributed by atoms with van der Waals surface area (Å²) in [6.07, 6.45) is 14.1. The summed E-state index contributed by atoms with van der Waals surface area (Å²) in [5.74, 6) is 4.78. The second kappa shape index (κ2) is 28.8. The lowest BCUT2D eigenvalue weighted by molar-refractivity contribution is -0.383. The number of nitro benzene ring substituents is 2. The van der Waals surface area contributed by atoms with E-state index < -0.39 is 15.5 Å².